The highest BCUT2D eigenvalue weighted by Crippen LogP contribution is 2.27. The van der Waals surface area contributed by atoms with Crippen LogP contribution in [0.5, 0.6) is 11.5 Å². The number of ether oxygens (including phenoxy) is 3. The standard InChI is InChI=1S/C14H19NO6/c1-19-10(7-13(16)17)8-15-14(18)9-4-5-11(20-2)12(6-9)21-3/h4-6,10H,7-8H2,1-3H3,(H,15,18)(H,16,17). The van der Waals surface area contributed by atoms with Crippen LogP contribution < -0.4 is 14.8 Å². The van der Waals surface area contributed by atoms with E-state index in [1.165, 1.54) is 21.3 Å². The maximum absolute atomic E-state index is 12.0. The molecule has 1 unspecified atom stereocenters. The molecule has 0 aliphatic heterocycles. The van der Waals surface area contributed by atoms with E-state index in [-0.39, 0.29) is 18.9 Å². The third kappa shape index (κ3) is 4.96. The first-order valence-electron chi connectivity index (χ1n) is 6.26. The lowest BCUT2D eigenvalue weighted by atomic mass is 10.1. The second-order valence-corrected chi connectivity index (χ2v) is 4.24. The Morgan fingerprint density at radius 1 is 1.19 bits per heavy atom. The number of aliphatic carboxylic acids is 1. The number of rotatable bonds is 8. The van der Waals surface area contributed by atoms with Crippen molar-refractivity contribution in [2.24, 2.45) is 0 Å². The van der Waals surface area contributed by atoms with Gasteiger partial charge >= 0.3 is 5.97 Å². The highest BCUT2D eigenvalue weighted by atomic mass is 16.5. The number of carbonyl (C=O) groups excluding carboxylic acids is 1. The zero-order chi connectivity index (χ0) is 15.8. The van der Waals surface area contributed by atoms with Gasteiger partial charge in [0, 0.05) is 19.2 Å². The van der Waals surface area contributed by atoms with Crippen LogP contribution in [-0.2, 0) is 9.53 Å². The Balaban J connectivity index is 2.69. The number of amides is 1. The minimum absolute atomic E-state index is 0.107. The average molecular weight is 297 g/mol. The van der Waals surface area contributed by atoms with Gasteiger partial charge < -0.3 is 24.6 Å². The number of benzene rings is 1. The molecule has 1 amide bonds. The Morgan fingerprint density at radius 2 is 1.86 bits per heavy atom. The molecule has 0 fully saturated rings. The zero-order valence-corrected chi connectivity index (χ0v) is 12.2. The van der Waals surface area contributed by atoms with Crippen LogP contribution >= 0.6 is 0 Å². The van der Waals surface area contributed by atoms with Gasteiger partial charge in [-0.25, -0.2) is 0 Å². The molecule has 2 N–H and O–H groups in total. The third-order valence-corrected chi connectivity index (χ3v) is 2.87. The second kappa shape index (κ2) is 8.11. The number of hydrogen-bond acceptors (Lipinski definition) is 5. The topological polar surface area (TPSA) is 94.1 Å². The SMILES string of the molecule is COc1ccc(C(=O)NCC(CC(=O)O)OC)cc1OC. The van der Waals surface area contributed by atoms with Gasteiger partial charge in [-0.1, -0.05) is 0 Å². The number of carbonyl (C=O) groups is 2. The second-order valence-electron chi connectivity index (χ2n) is 4.24. The summed E-state index contributed by atoms with van der Waals surface area (Å²) in [5.41, 5.74) is 0.387. The molecule has 0 aromatic heterocycles. The fourth-order valence-electron chi connectivity index (χ4n) is 1.72. The van der Waals surface area contributed by atoms with E-state index in [1.807, 2.05) is 0 Å². The molecule has 1 atom stereocenters. The number of hydrogen-bond donors (Lipinski definition) is 2. The molecule has 0 radical (unpaired) electrons. The molecule has 7 heteroatoms. The Kier molecular flexibility index (Phi) is 6.48. The van der Waals surface area contributed by atoms with Crippen molar-refractivity contribution in [1.29, 1.82) is 0 Å². The van der Waals surface area contributed by atoms with E-state index < -0.39 is 12.1 Å². The normalized spacial score (nSPS) is 11.6. The van der Waals surface area contributed by atoms with Gasteiger partial charge in [0.1, 0.15) is 0 Å². The molecule has 0 bridgehead atoms. The fourth-order valence-corrected chi connectivity index (χ4v) is 1.72. The smallest absolute Gasteiger partial charge is 0.306 e. The molecule has 1 rings (SSSR count). The molecule has 0 aliphatic carbocycles. The highest BCUT2D eigenvalue weighted by Gasteiger charge is 2.15. The summed E-state index contributed by atoms with van der Waals surface area (Å²) < 4.78 is 15.2. The van der Waals surface area contributed by atoms with Crippen molar-refractivity contribution < 1.29 is 28.9 Å². The van der Waals surface area contributed by atoms with Crippen LogP contribution in [0, 0.1) is 0 Å². The molecule has 0 saturated heterocycles. The quantitative estimate of drug-likeness (QED) is 0.741. The summed E-state index contributed by atoms with van der Waals surface area (Å²) in [6.45, 7) is 0.107. The summed E-state index contributed by atoms with van der Waals surface area (Å²) in [5, 5.41) is 11.3. The lowest BCUT2D eigenvalue weighted by Gasteiger charge is -2.14. The molecule has 0 heterocycles. The van der Waals surface area contributed by atoms with Crippen molar-refractivity contribution in [3.05, 3.63) is 23.8 Å². The molecule has 1 aromatic carbocycles. The van der Waals surface area contributed by atoms with Crippen molar-refractivity contribution in [1.82, 2.24) is 5.32 Å². The van der Waals surface area contributed by atoms with Gasteiger partial charge in [-0.2, -0.15) is 0 Å². The molecule has 0 aliphatic rings. The number of carboxylic acid groups (broad SMARTS) is 1. The van der Waals surface area contributed by atoms with Gasteiger partial charge in [0.15, 0.2) is 11.5 Å². The summed E-state index contributed by atoms with van der Waals surface area (Å²) in [6.07, 6.45) is -0.755. The van der Waals surface area contributed by atoms with Gasteiger partial charge in [-0.3, -0.25) is 9.59 Å². The maximum atomic E-state index is 12.0. The molecule has 0 spiro atoms. The molecule has 7 nitrogen and oxygen atoms in total. The maximum Gasteiger partial charge on any atom is 0.306 e. The largest absolute Gasteiger partial charge is 0.493 e. The summed E-state index contributed by atoms with van der Waals surface area (Å²) in [5.74, 6) is -0.362. The number of nitrogens with one attached hydrogen (secondary N) is 1. The van der Waals surface area contributed by atoms with Gasteiger partial charge in [-0.05, 0) is 18.2 Å². The van der Waals surface area contributed by atoms with Gasteiger partial charge in [0.05, 0.1) is 26.7 Å². The predicted octanol–water partition coefficient (Wildman–Crippen LogP) is 0.923. The zero-order valence-electron chi connectivity index (χ0n) is 12.2. The van der Waals surface area contributed by atoms with E-state index in [1.54, 1.807) is 18.2 Å². The fraction of sp³-hybridized carbons (Fsp3) is 0.429. The van der Waals surface area contributed by atoms with E-state index in [4.69, 9.17) is 19.3 Å². The molecule has 21 heavy (non-hydrogen) atoms. The van der Waals surface area contributed by atoms with E-state index >= 15 is 0 Å². The van der Waals surface area contributed by atoms with Crippen LogP contribution in [-0.4, -0.2) is 51.0 Å². The summed E-state index contributed by atoms with van der Waals surface area (Å²) in [6, 6.07) is 4.77. The third-order valence-electron chi connectivity index (χ3n) is 2.87. The Morgan fingerprint density at radius 3 is 2.38 bits per heavy atom. The Labute approximate surface area is 122 Å². The number of carboxylic acids is 1. The van der Waals surface area contributed by atoms with E-state index in [2.05, 4.69) is 5.32 Å². The average Bonchev–Trinajstić information content (AvgIpc) is 2.49. The van der Waals surface area contributed by atoms with E-state index in [0.29, 0.717) is 17.1 Å². The Bertz CT molecular complexity index is 502. The first-order valence-corrected chi connectivity index (χ1v) is 6.26. The van der Waals surface area contributed by atoms with Crippen LogP contribution in [0.25, 0.3) is 0 Å². The van der Waals surface area contributed by atoms with Crippen molar-refractivity contribution in [3.63, 3.8) is 0 Å². The minimum Gasteiger partial charge on any atom is -0.493 e. The van der Waals surface area contributed by atoms with Crippen LogP contribution in [0.1, 0.15) is 16.8 Å². The van der Waals surface area contributed by atoms with Crippen molar-refractivity contribution in [2.75, 3.05) is 27.9 Å². The highest BCUT2D eigenvalue weighted by molar-refractivity contribution is 5.94. The van der Waals surface area contributed by atoms with Gasteiger partial charge in [0.2, 0.25) is 0 Å². The van der Waals surface area contributed by atoms with Crippen LogP contribution in [0.4, 0.5) is 0 Å². The van der Waals surface area contributed by atoms with E-state index in [9.17, 15) is 9.59 Å². The first kappa shape index (κ1) is 16.8. The number of methoxy groups -OCH3 is 3. The van der Waals surface area contributed by atoms with Crippen LogP contribution in [0.15, 0.2) is 18.2 Å². The van der Waals surface area contributed by atoms with Crippen LogP contribution in [0.3, 0.4) is 0 Å². The van der Waals surface area contributed by atoms with Crippen LogP contribution in [0.2, 0.25) is 0 Å². The molecule has 0 saturated carbocycles. The molecular weight excluding hydrogens is 278 g/mol. The van der Waals surface area contributed by atoms with Crippen molar-refractivity contribution in [3.8, 4) is 11.5 Å². The van der Waals surface area contributed by atoms with E-state index in [0.717, 1.165) is 0 Å². The lowest BCUT2D eigenvalue weighted by Crippen LogP contribution is -2.34. The molecule has 116 valence electrons. The summed E-state index contributed by atoms with van der Waals surface area (Å²) >= 11 is 0. The summed E-state index contributed by atoms with van der Waals surface area (Å²) in [7, 11) is 4.39. The van der Waals surface area contributed by atoms with Gasteiger partial charge in [0.25, 0.3) is 5.91 Å². The lowest BCUT2D eigenvalue weighted by molar-refractivity contribution is -0.139. The van der Waals surface area contributed by atoms with Crippen molar-refractivity contribution >= 4 is 11.9 Å². The first-order chi connectivity index (χ1) is 10.0. The van der Waals surface area contributed by atoms with Crippen molar-refractivity contribution in [2.45, 2.75) is 12.5 Å². The van der Waals surface area contributed by atoms with Gasteiger partial charge in [-0.15, -0.1) is 0 Å². The monoisotopic (exact) mass is 297 g/mol. The summed E-state index contributed by atoms with van der Waals surface area (Å²) in [4.78, 5) is 22.6. The molecular formula is C14H19NO6. The Hall–Kier alpha value is -2.28. The minimum atomic E-state index is -0.984. The molecule has 1 aromatic rings. The predicted molar refractivity (Wildman–Crippen MR) is 74.9 cm³/mol.